The maximum atomic E-state index is 5.98. The Morgan fingerprint density at radius 3 is 2.52 bits per heavy atom. The Kier molecular flexibility index (Phi) is 6.67. The first-order chi connectivity index (χ1) is 10.9. The lowest BCUT2D eigenvalue weighted by molar-refractivity contribution is -0.110. The second kappa shape index (κ2) is 8.30. The first-order valence-corrected chi connectivity index (χ1v) is 9.29. The van der Waals surface area contributed by atoms with Crippen LogP contribution in [0.1, 0.15) is 65.4 Å². The first kappa shape index (κ1) is 18.5. The van der Waals surface area contributed by atoms with Crippen LogP contribution in [0.3, 0.4) is 0 Å². The number of hydrogen-bond acceptors (Lipinski definition) is 2. The average molecular weight is 318 g/mol. The monoisotopic (exact) mass is 317 g/mol. The van der Waals surface area contributed by atoms with E-state index in [9.17, 15) is 0 Å². The number of nitrogens with one attached hydrogen (secondary N) is 1. The van der Waals surface area contributed by atoms with Crippen molar-refractivity contribution in [1.82, 2.24) is 5.32 Å². The zero-order valence-corrected chi connectivity index (χ0v) is 15.5. The molecule has 2 heteroatoms. The molecule has 130 valence electrons. The molecular formula is C21H35NO. The van der Waals surface area contributed by atoms with Crippen molar-refractivity contribution in [2.24, 2.45) is 11.3 Å². The second-order valence-corrected chi connectivity index (χ2v) is 8.38. The molecule has 0 unspecified atom stereocenters. The Hall–Kier alpha value is -0.860. The highest BCUT2D eigenvalue weighted by Gasteiger charge is 2.40. The van der Waals surface area contributed by atoms with Gasteiger partial charge in [-0.2, -0.15) is 0 Å². The highest BCUT2D eigenvalue weighted by Crippen LogP contribution is 2.45. The van der Waals surface area contributed by atoms with Crippen LogP contribution in [0.15, 0.2) is 30.3 Å². The molecule has 1 aromatic rings. The van der Waals surface area contributed by atoms with E-state index in [4.69, 9.17) is 4.74 Å². The Morgan fingerprint density at radius 1 is 1.13 bits per heavy atom. The number of ether oxygens (including phenoxy) is 1. The lowest BCUT2D eigenvalue weighted by Gasteiger charge is -2.45. The summed E-state index contributed by atoms with van der Waals surface area (Å²) in [7, 11) is 0. The van der Waals surface area contributed by atoms with Gasteiger partial charge in [0, 0.05) is 13.2 Å². The van der Waals surface area contributed by atoms with Gasteiger partial charge in [0.1, 0.15) is 0 Å². The smallest absolute Gasteiger partial charge is 0.0631 e. The van der Waals surface area contributed by atoms with Crippen molar-refractivity contribution in [2.45, 2.75) is 71.9 Å². The van der Waals surface area contributed by atoms with Crippen molar-refractivity contribution in [3.8, 4) is 0 Å². The van der Waals surface area contributed by atoms with Gasteiger partial charge in [0.05, 0.1) is 5.60 Å². The number of hydrogen-bond donors (Lipinski definition) is 1. The molecule has 0 saturated carbocycles. The Morgan fingerprint density at radius 2 is 1.87 bits per heavy atom. The zero-order chi connectivity index (χ0) is 16.8. The van der Waals surface area contributed by atoms with Crippen LogP contribution in [0.4, 0.5) is 0 Å². The van der Waals surface area contributed by atoms with Crippen LogP contribution in [-0.2, 0) is 11.3 Å². The SMILES string of the molecule is CC(C)CC[C@@]1(CCNCc2ccccc2)CCOC(C)(C)C1. The minimum Gasteiger partial charge on any atom is -0.376 e. The highest BCUT2D eigenvalue weighted by molar-refractivity contribution is 5.14. The van der Waals surface area contributed by atoms with E-state index in [-0.39, 0.29) is 5.60 Å². The van der Waals surface area contributed by atoms with Crippen molar-refractivity contribution in [3.05, 3.63) is 35.9 Å². The molecule has 0 aromatic heterocycles. The fraction of sp³-hybridized carbons (Fsp3) is 0.714. The number of rotatable bonds is 8. The molecule has 1 atom stereocenters. The van der Waals surface area contributed by atoms with Crippen LogP contribution < -0.4 is 5.32 Å². The third kappa shape index (κ3) is 6.27. The summed E-state index contributed by atoms with van der Waals surface area (Å²) in [6.45, 7) is 12.2. The highest BCUT2D eigenvalue weighted by atomic mass is 16.5. The molecule has 0 radical (unpaired) electrons. The van der Waals surface area contributed by atoms with Crippen molar-refractivity contribution < 1.29 is 4.74 Å². The molecule has 1 aliphatic heterocycles. The van der Waals surface area contributed by atoms with Crippen molar-refractivity contribution in [2.75, 3.05) is 13.2 Å². The van der Waals surface area contributed by atoms with Crippen LogP contribution in [0.25, 0.3) is 0 Å². The van der Waals surface area contributed by atoms with E-state index in [1.165, 1.54) is 37.7 Å². The average Bonchev–Trinajstić information content (AvgIpc) is 2.50. The standard InChI is InChI=1S/C21H35NO/c1-18(2)10-11-21(13-15-23-20(3,4)17-21)12-14-22-16-19-8-6-5-7-9-19/h5-9,18,22H,10-17H2,1-4H3/t21-/m1/s1. The lowest BCUT2D eigenvalue weighted by atomic mass is 9.68. The van der Waals surface area contributed by atoms with Gasteiger partial charge < -0.3 is 10.1 Å². The summed E-state index contributed by atoms with van der Waals surface area (Å²) in [5.41, 5.74) is 1.86. The topological polar surface area (TPSA) is 21.3 Å². The third-order valence-corrected chi connectivity index (χ3v) is 5.18. The molecule has 0 bridgehead atoms. The molecule has 1 aliphatic rings. The van der Waals surface area contributed by atoms with E-state index in [0.717, 1.165) is 25.6 Å². The molecule has 1 N–H and O–H groups in total. The summed E-state index contributed by atoms with van der Waals surface area (Å²) in [5.74, 6) is 0.787. The van der Waals surface area contributed by atoms with E-state index in [1.54, 1.807) is 0 Å². The molecule has 2 nitrogen and oxygen atoms in total. The molecule has 0 spiro atoms. The van der Waals surface area contributed by atoms with Gasteiger partial charge in [-0.1, -0.05) is 50.6 Å². The Balaban J connectivity index is 1.87. The van der Waals surface area contributed by atoms with Crippen LogP contribution in [-0.4, -0.2) is 18.8 Å². The Bertz CT molecular complexity index is 454. The molecule has 1 fully saturated rings. The molecule has 1 aromatic carbocycles. The van der Waals surface area contributed by atoms with Gasteiger partial charge in [-0.05, 0) is 63.0 Å². The summed E-state index contributed by atoms with van der Waals surface area (Å²) in [5, 5.41) is 3.65. The van der Waals surface area contributed by atoms with Crippen LogP contribution >= 0.6 is 0 Å². The van der Waals surface area contributed by atoms with Gasteiger partial charge in [-0.3, -0.25) is 0 Å². The van der Waals surface area contributed by atoms with E-state index in [2.05, 4.69) is 63.3 Å². The maximum Gasteiger partial charge on any atom is 0.0631 e. The summed E-state index contributed by atoms with van der Waals surface area (Å²) >= 11 is 0. The predicted octanol–water partition coefficient (Wildman–Crippen LogP) is 5.18. The van der Waals surface area contributed by atoms with Crippen molar-refractivity contribution >= 4 is 0 Å². The van der Waals surface area contributed by atoms with Gasteiger partial charge in [0.2, 0.25) is 0 Å². The summed E-state index contributed by atoms with van der Waals surface area (Å²) in [6.07, 6.45) is 6.34. The molecule has 0 amide bonds. The van der Waals surface area contributed by atoms with E-state index in [1.807, 2.05) is 0 Å². The third-order valence-electron chi connectivity index (χ3n) is 5.18. The van der Waals surface area contributed by atoms with Crippen LogP contribution in [0.5, 0.6) is 0 Å². The van der Waals surface area contributed by atoms with Gasteiger partial charge in [-0.15, -0.1) is 0 Å². The molecule has 1 heterocycles. The molecule has 23 heavy (non-hydrogen) atoms. The molecule has 1 saturated heterocycles. The minimum absolute atomic E-state index is 0.0364. The largest absolute Gasteiger partial charge is 0.376 e. The lowest BCUT2D eigenvalue weighted by Crippen LogP contribution is -2.42. The van der Waals surface area contributed by atoms with Gasteiger partial charge in [0.15, 0.2) is 0 Å². The summed E-state index contributed by atoms with van der Waals surface area (Å²) < 4.78 is 5.98. The van der Waals surface area contributed by atoms with Crippen molar-refractivity contribution in [3.63, 3.8) is 0 Å². The normalized spacial score (nSPS) is 24.0. The van der Waals surface area contributed by atoms with Gasteiger partial charge in [-0.25, -0.2) is 0 Å². The second-order valence-electron chi connectivity index (χ2n) is 8.38. The van der Waals surface area contributed by atoms with E-state index >= 15 is 0 Å². The maximum absolute atomic E-state index is 5.98. The fourth-order valence-electron chi connectivity index (χ4n) is 3.92. The minimum atomic E-state index is 0.0364. The van der Waals surface area contributed by atoms with E-state index < -0.39 is 0 Å². The fourth-order valence-corrected chi connectivity index (χ4v) is 3.92. The van der Waals surface area contributed by atoms with Gasteiger partial charge in [0.25, 0.3) is 0 Å². The summed E-state index contributed by atoms with van der Waals surface area (Å²) in [4.78, 5) is 0. The van der Waals surface area contributed by atoms with Crippen molar-refractivity contribution in [1.29, 1.82) is 0 Å². The molecule has 2 rings (SSSR count). The quantitative estimate of drug-likeness (QED) is 0.667. The summed E-state index contributed by atoms with van der Waals surface area (Å²) in [6, 6.07) is 10.7. The Labute approximate surface area is 143 Å². The van der Waals surface area contributed by atoms with Gasteiger partial charge >= 0.3 is 0 Å². The molecule has 0 aliphatic carbocycles. The number of benzene rings is 1. The first-order valence-electron chi connectivity index (χ1n) is 9.29. The van der Waals surface area contributed by atoms with Crippen LogP contribution in [0, 0.1) is 11.3 Å². The zero-order valence-electron chi connectivity index (χ0n) is 15.5. The molecular weight excluding hydrogens is 282 g/mol. The van der Waals surface area contributed by atoms with Crippen LogP contribution in [0.2, 0.25) is 0 Å². The predicted molar refractivity (Wildman–Crippen MR) is 98.5 cm³/mol. The van der Waals surface area contributed by atoms with E-state index in [0.29, 0.717) is 5.41 Å².